The number of allylic oxidation sites excluding steroid dienone is 6. The SMILES string of the molecule is C#CCNS(=O)(=O)N[C@H]1CC[C@@H](C[C@@H](N)[C@@H]2CC(=O)[C@H](C)/C=C(\C)[C@@H](O)[C@@H](O)C(=O)[C@H](C)C[C@H](C)/C=C/C=C/C=C(\C)[C@@H](OC)C[C@@H]3CC[C@@H](C)[C@@](O)(O3)C(=O)C(=O)N3CCCC[C@H]3C(=O)O2)C[C@H]1OC. The van der Waals surface area contributed by atoms with Crippen molar-refractivity contribution in [2.45, 2.75) is 179 Å². The number of ether oxygens (including phenoxy) is 4. The van der Waals surface area contributed by atoms with Crippen molar-refractivity contribution in [3.05, 3.63) is 47.6 Å². The van der Waals surface area contributed by atoms with E-state index in [0.717, 1.165) is 10.5 Å². The van der Waals surface area contributed by atoms with Crippen molar-refractivity contribution in [2.75, 3.05) is 27.3 Å². The first-order valence-electron chi connectivity index (χ1n) is 25.1. The van der Waals surface area contributed by atoms with E-state index in [1.54, 1.807) is 27.9 Å². The number of nitrogens with two attached hydrogens (primary N) is 1. The van der Waals surface area contributed by atoms with Gasteiger partial charge in [0.2, 0.25) is 5.79 Å². The topological polar surface area (TPSA) is 270 Å². The van der Waals surface area contributed by atoms with Gasteiger partial charge in [-0.25, -0.2) is 4.79 Å². The van der Waals surface area contributed by atoms with Gasteiger partial charge >= 0.3 is 5.97 Å². The summed E-state index contributed by atoms with van der Waals surface area (Å²) in [6.45, 7) is 10.0. The van der Waals surface area contributed by atoms with Crippen LogP contribution in [0.4, 0.5) is 0 Å². The number of aliphatic hydroxyl groups is 3. The highest BCUT2D eigenvalue weighted by atomic mass is 32.2. The molecule has 1 amide bonds. The number of cyclic esters (lactones) is 1. The maximum absolute atomic E-state index is 14.4. The van der Waals surface area contributed by atoms with Crippen LogP contribution in [0.15, 0.2) is 47.6 Å². The van der Waals surface area contributed by atoms with Gasteiger partial charge in [-0.1, -0.05) is 70.1 Å². The van der Waals surface area contributed by atoms with Crippen LogP contribution in [-0.2, 0) is 53.1 Å². The van der Waals surface area contributed by atoms with Crippen molar-refractivity contribution in [1.29, 1.82) is 0 Å². The maximum atomic E-state index is 14.4. The second kappa shape index (κ2) is 27.4. The Morgan fingerprint density at radius 1 is 0.930 bits per heavy atom. The Balaban J connectivity index is 1.68. The number of esters is 1. The van der Waals surface area contributed by atoms with Crippen LogP contribution in [0.1, 0.15) is 119 Å². The standard InChI is InChI=1S/C52H80N4O14S/c1-10-23-54-71(65,66)55-40-22-20-37(28-45(40)68-9)27-39(53)44-30-42(57)33(4)26-35(6)47(59)48(60)46(58)34(5)25-31(2)16-12-11-13-17-32(3)43(67-8)29-38-21-19-36(7)52(64,70-38)49(61)50(62)56-24-15-14-18-41(56)51(63)69-44/h1,11-13,16-17,26,31,33-34,36-41,43-45,47-48,54-55,59-60,64H,14-15,18-25,27-30,53H2,2-9H3/b13-11+,16-12+,32-17+,35-26+/t31-,33-,34-,36-,37+,38+,39-,40+,41+,43+,44+,45-,47-,48+,52-/m1/s1. The van der Waals surface area contributed by atoms with Gasteiger partial charge in [0.25, 0.3) is 21.9 Å². The van der Waals surface area contributed by atoms with E-state index in [2.05, 4.69) is 15.4 Å². The first-order chi connectivity index (χ1) is 33.5. The van der Waals surface area contributed by atoms with Crippen molar-refractivity contribution in [1.82, 2.24) is 14.3 Å². The van der Waals surface area contributed by atoms with E-state index in [1.165, 1.54) is 20.1 Å². The highest BCUT2D eigenvalue weighted by Gasteiger charge is 2.53. The average molecular weight is 1020 g/mol. The lowest BCUT2D eigenvalue weighted by molar-refractivity contribution is -0.265. The number of methoxy groups -OCH3 is 2. The third kappa shape index (κ3) is 16.5. The molecular weight excluding hydrogens is 937 g/mol. The Kier molecular flexibility index (Phi) is 23.0. The van der Waals surface area contributed by atoms with Crippen LogP contribution in [-0.4, -0.2) is 146 Å². The molecule has 4 aliphatic rings. The van der Waals surface area contributed by atoms with Gasteiger partial charge in [0.15, 0.2) is 5.78 Å². The van der Waals surface area contributed by atoms with Crippen LogP contribution in [0.3, 0.4) is 0 Å². The smallest absolute Gasteiger partial charge is 0.329 e. The minimum atomic E-state index is -3.93. The number of amides is 1. The number of terminal acetylenes is 1. The summed E-state index contributed by atoms with van der Waals surface area (Å²) in [5, 5.41) is 34.2. The van der Waals surface area contributed by atoms with Crippen LogP contribution >= 0.6 is 0 Å². The molecule has 15 atom stereocenters. The molecule has 398 valence electrons. The number of carbonyl (C=O) groups excluding carboxylic acids is 5. The molecule has 71 heavy (non-hydrogen) atoms. The largest absolute Gasteiger partial charge is 0.459 e. The number of Topliss-reactive ketones (excluding diaryl/α,β-unsaturated/α-hetero) is 3. The lowest BCUT2D eigenvalue weighted by Gasteiger charge is -2.42. The van der Waals surface area contributed by atoms with E-state index >= 15 is 0 Å². The van der Waals surface area contributed by atoms with E-state index in [4.69, 9.17) is 31.1 Å². The summed E-state index contributed by atoms with van der Waals surface area (Å²) in [5.74, 6) is -7.01. The molecule has 0 unspecified atom stereocenters. The molecule has 0 spiro atoms. The maximum Gasteiger partial charge on any atom is 0.329 e. The number of hydrogen-bond donors (Lipinski definition) is 6. The van der Waals surface area contributed by atoms with Crippen LogP contribution in [0.25, 0.3) is 0 Å². The van der Waals surface area contributed by atoms with Gasteiger partial charge < -0.3 is 44.9 Å². The number of fused-ring (bicyclic) bond motifs is 3. The van der Waals surface area contributed by atoms with Crippen molar-refractivity contribution in [2.24, 2.45) is 35.3 Å². The molecule has 7 N–H and O–H groups in total. The number of nitrogens with one attached hydrogen (secondary N) is 2. The molecule has 3 heterocycles. The third-order valence-electron chi connectivity index (χ3n) is 14.7. The number of rotatable bonds is 9. The number of carbonyl (C=O) groups is 5. The molecule has 1 saturated carbocycles. The molecule has 4 rings (SSSR count). The number of ketones is 3. The predicted molar refractivity (Wildman–Crippen MR) is 266 cm³/mol. The highest BCUT2D eigenvalue weighted by Crippen LogP contribution is 2.37. The van der Waals surface area contributed by atoms with Gasteiger partial charge in [-0.15, -0.1) is 6.42 Å². The molecule has 2 saturated heterocycles. The summed E-state index contributed by atoms with van der Waals surface area (Å²) in [7, 11) is -0.926. The second-order valence-electron chi connectivity index (χ2n) is 20.3. The summed E-state index contributed by atoms with van der Waals surface area (Å²) < 4.78 is 53.9. The Morgan fingerprint density at radius 2 is 1.65 bits per heavy atom. The fourth-order valence-corrected chi connectivity index (χ4v) is 11.2. The highest BCUT2D eigenvalue weighted by molar-refractivity contribution is 7.87. The van der Waals surface area contributed by atoms with Crippen molar-refractivity contribution < 1.29 is 66.7 Å². The number of piperidine rings is 1. The minimum Gasteiger partial charge on any atom is -0.459 e. The molecular formula is C52H80N4O14S. The van der Waals surface area contributed by atoms with E-state index in [9.17, 15) is 47.7 Å². The number of nitrogens with zero attached hydrogens (tertiary/aromatic N) is 1. The van der Waals surface area contributed by atoms with Gasteiger partial charge in [-0.2, -0.15) is 17.9 Å². The molecule has 1 aliphatic carbocycles. The summed E-state index contributed by atoms with van der Waals surface area (Å²) in [6, 6.07) is -2.82. The fourth-order valence-electron chi connectivity index (χ4n) is 10.2. The molecule has 0 aromatic carbocycles. The summed E-state index contributed by atoms with van der Waals surface area (Å²) in [4.78, 5) is 71.5. The molecule has 0 aromatic heterocycles. The summed E-state index contributed by atoms with van der Waals surface area (Å²) in [6.07, 6.45) is 13.3. The lowest BCUT2D eigenvalue weighted by Crippen LogP contribution is -2.61. The van der Waals surface area contributed by atoms with Gasteiger partial charge in [0.05, 0.1) is 24.9 Å². The quantitative estimate of drug-likeness (QED) is 0.0838. The van der Waals surface area contributed by atoms with Crippen LogP contribution in [0.2, 0.25) is 0 Å². The Bertz CT molecular complexity index is 2140. The fraction of sp³-hybridized carbons (Fsp3) is 0.712. The predicted octanol–water partition coefficient (Wildman–Crippen LogP) is 3.28. The van der Waals surface area contributed by atoms with Crippen molar-refractivity contribution >= 4 is 39.4 Å². The Hall–Kier alpha value is -3.94. The van der Waals surface area contributed by atoms with Crippen molar-refractivity contribution in [3.63, 3.8) is 0 Å². The van der Waals surface area contributed by atoms with Gasteiger partial charge in [-0.05, 0) is 101 Å². The van der Waals surface area contributed by atoms with Gasteiger partial charge in [0, 0.05) is 63.4 Å². The number of hydrogen-bond acceptors (Lipinski definition) is 15. The molecule has 0 radical (unpaired) electrons. The van der Waals surface area contributed by atoms with Crippen LogP contribution in [0.5, 0.6) is 0 Å². The van der Waals surface area contributed by atoms with E-state index in [-0.39, 0.29) is 49.8 Å². The zero-order valence-corrected chi connectivity index (χ0v) is 43.6. The van der Waals surface area contributed by atoms with Crippen LogP contribution in [0, 0.1) is 41.9 Å². The van der Waals surface area contributed by atoms with Gasteiger partial charge in [-0.3, -0.25) is 19.2 Å². The zero-order chi connectivity index (χ0) is 52.8. The Morgan fingerprint density at radius 3 is 2.32 bits per heavy atom. The zero-order valence-electron chi connectivity index (χ0n) is 42.8. The average Bonchev–Trinajstić information content (AvgIpc) is 3.34. The molecule has 2 bridgehead atoms. The second-order valence-corrected chi connectivity index (χ2v) is 21.8. The summed E-state index contributed by atoms with van der Waals surface area (Å²) >= 11 is 0. The van der Waals surface area contributed by atoms with Crippen molar-refractivity contribution in [3.8, 4) is 12.3 Å². The first-order valence-corrected chi connectivity index (χ1v) is 26.5. The monoisotopic (exact) mass is 1020 g/mol. The van der Waals surface area contributed by atoms with E-state index in [1.807, 2.05) is 44.2 Å². The van der Waals surface area contributed by atoms with Gasteiger partial charge in [0.1, 0.15) is 30.1 Å². The normalized spacial score (nSPS) is 38.1. The molecule has 3 aliphatic heterocycles. The molecule has 3 fully saturated rings. The summed E-state index contributed by atoms with van der Waals surface area (Å²) in [5.41, 5.74) is 7.89. The minimum absolute atomic E-state index is 0.00541. The Labute approximate surface area is 420 Å². The first kappa shape index (κ1) is 59.6. The molecule has 18 nitrogen and oxygen atoms in total. The molecule has 19 heteroatoms. The number of aliphatic hydroxyl groups excluding tert-OH is 2. The lowest BCUT2D eigenvalue weighted by atomic mass is 9.79. The van der Waals surface area contributed by atoms with E-state index in [0.29, 0.717) is 51.4 Å². The third-order valence-corrected chi connectivity index (χ3v) is 15.8. The van der Waals surface area contributed by atoms with E-state index < -0.39 is 124 Å². The molecule has 0 aromatic rings. The van der Waals surface area contributed by atoms with Crippen LogP contribution < -0.4 is 15.2 Å².